The Morgan fingerprint density at radius 1 is 1.56 bits per heavy atom. The van der Waals surface area contributed by atoms with Gasteiger partial charge >= 0.3 is 5.97 Å². The van der Waals surface area contributed by atoms with E-state index in [1.807, 2.05) is 45.1 Å². The van der Waals surface area contributed by atoms with Crippen molar-refractivity contribution >= 4 is 5.97 Å². The largest absolute Gasteiger partial charge is 0.443 e. The molecule has 0 aromatic heterocycles. The number of carbonyl (C=O) groups is 1. The Balaban J connectivity index is 2.60. The van der Waals surface area contributed by atoms with Crippen molar-refractivity contribution in [1.82, 2.24) is 9.80 Å². The van der Waals surface area contributed by atoms with Gasteiger partial charge < -0.3 is 9.64 Å². The Hall–Kier alpha value is -1.29. The SMILES string of the molecule is C=CN1CCCC1/C=C(\C)C(=O)OC(C)N(C)C. The van der Waals surface area contributed by atoms with Crippen LogP contribution in [0.1, 0.15) is 26.7 Å². The summed E-state index contributed by atoms with van der Waals surface area (Å²) in [6.07, 6.45) is 5.83. The van der Waals surface area contributed by atoms with Gasteiger partial charge in [0.25, 0.3) is 0 Å². The molecule has 102 valence electrons. The van der Waals surface area contributed by atoms with Gasteiger partial charge in [0.2, 0.25) is 0 Å². The number of hydrogen-bond donors (Lipinski definition) is 0. The number of nitrogens with zero attached hydrogens (tertiary/aromatic N) is 2. The molecule has 0 aliphatic carbocycles. The van der Waals surface area contributed by atoms with Crippen LogP contribution >= 0.6 is 0 Å². The number of likely N-dealkylation sites (tertiary alicyclic amines) is 1. The van der Waals surface area contributed by atoms with Gasteiger partial charge in [-0.25, -0.2) is 4.79 Å². The zero-order valence-electron chi connectivity index (χ0n) is 11.8. The number of carbonyl (C=O) groups excluding carboxylic acids is 1. The predicted octanol–water partition coefficient (Wildman–Crippen LogP) is 1.99. The second-order valence-corrected chi connectivity index (χ2v) is 4.95. The van der Waals surface area contributed by atoms with Crippen molar-refractivity contribution in [3.8, 4) is 0 Å². The maximum absolute atomic E-state index is 11.9. The summed E-state index contributed by atoms with van der Waals surface area (Å²) in [7, 11) is 3.76. The summed E-state index contributed by atoms with van der Waals surface area (Å²) in [5, 5.41) is 0. The predicted molar refractivity (Wildman–Crippen MR) is 72.9 cm³/mol. The molecule has 1 heterocycles. The van der Waals surface area contributed by atoms with E-state index in [0.29, 0.717) is 5.57 Å². The van der Waals surface area contributed by atoms with Crippen LogP contribution in [0, 0.1) is 0 Å². The fourth-order valence-electron chi connectivity index (χ4n) is 1.93. The molecule has 1 rings (SSSR count). The lowest BCUT2D eigenvalue weighted by Crippen LogP contribution is -2.30. The number of ether oxygens (including phenoxy) is 1. The summed E-state index contributed by atoms with van der Waals surface area (Å²) < 4.78 is 5.33. The molecule has 4 nitrogen and oxygen atoms in total. The maximum atomic E-state index is 11.9. The van der Waals surface area contributed by atoms with Gasteiger partial charge in [0, 0.05) is 18.2 Å². The smallest absolute Gasteiger partial charge is 0.335 e. The number of rotatable bonds is 5. The molecule has 0 amide bonds. The standard InChI is InChI=1S/C14H24N2O2/c1-6-16-9-7-8-13(16)10-11(2)14(17)18-12(3)15(4)5/h6,10,12-13H,1,7-9H2,2-5H3/b11-10+. The third kappa shape index (κ3) is 3.88. The molecule has 0 radical (unpaired) electrons. The van der Waals surface area contributed by atoms with Gasteiger partial charge in [-0.2, -0.15) is 0 Å². The van der Waals surface area contributed by atoms with E-state index in [1.165, 1.54) is 0 Å². The molecular formula is C14H24N2O2. The first-order valence-corrected chi connectivity index (χ1v) is 6.40. The molecule has 1 aliphatic heterocycles. The van der Waals surface area contributed by atoms with Crippen LogP contribution in [-0.2, 0) is 9.53 Å². The minimum Gasteiger partial charge on any atom is -0.443 e. The molecule has 2 atom stereocenters. The van der Waals surface area contributed by atoms with Crippen LogP contribution in [0.3, 0.4) is 0 Å². The zero-order valence-corrected chi connectivity index (χ0v) is 11.8. The van der Waals surface area contributed by atoms with E-state index in [2.05, 4.69) is 11.5 Å². The summed E-state index contributed by atoms with van der Waals surface area (Å²) in [5.74, 6) is -0.243. The topological polar surface area (TPSA) is 32.8 Å². The van der Waals surface area contributed by atoms with E-state index in [1.54, 1.807) is 0 Å². The molecule has 1 fully saturated rings. The van der Waals surface area contributed by atoms with Crippen molar-refractivity contribution in [3.05, 3.63) is 24.4 Å². The average Bonchev–Trinajstić information content (AvgIpc) is 2.75. The average molecular weight is 252 g/mol. The highest BCUT2D eigenvalue weighted by Gasteiger charge is 2.21. The molecule has 2 unspecified atom stereocenters. The van der Waals surface area contributed by atoms with E-state index in [0.717, 1.165) is 19.4 Å². The van der Waals surface area contributed by atoms with Crippen LogP contribution in [0.4, 0.5) is 0 Å². The summed E-state index contributed by atoms with van der Waals surface area (Å²) in [5.41, 5.74) is 0.669. The Morgan fingerprint density at radius 3 is 2.78 bits per heavy atom. The summed E-state index contributed by atoms with van der Waals surface area (Å²) in [6.45, 7) is 8.47. The van der Waals surface area contributed by atoms with Gasteiger partial charge in [0.15, 0.2) is 6.23 Å². The van der Waals surface area contributed by atoms with E-state index in [-0.39, 0.29) is 18.2 Å². The molecule has 0 aromatic rings. The first kappa shape index (κ1) is 14.8. The maximum Gasteiger partial charge on any atom is 0.335 e. The van der Waals surface area contributed by atoms with E-state index < -0.39 is 0 Å². The Labute approximate surface area is 110 Å². The Morgan fingerprint density at radius 2 is 2.22 bits per heavy atom. The van der Waals surface area contributed by atoms with Crippen LogP contribution in [0.15, 0.2) is 24.4 Å². The van der Waals surface area contributed by atoms with Gasteiger partial charge in [0.1, 0.15) is 0 Å². The Kier molecular flexibility index (Phi) is 5.41. The van der Waals surface area contributed by atoms with Crippen molar-refractivity contribution in [2.45, 2.75) is 39.0 Å². The summed E-state index contributed by atoms with van der Waals surface area (Å²) in [6, 6.07) is 0.282. The lowest BCUT2D eigenvalue weighted by Gasteiger charge is -2.22. The fourth-order valence-corrected chi connectivity index (χ4v) is 1.93. The van der Waals surface area contributed by atoms with Crippen molar-refractivity contribution < 1.29 is 9.53 Å². The monoisotopic (exact) mass is 252 g/mol. The van der Waals surface area contributed by atoms with E-state index in [9.17, 15) is 4.79 Å². The van der Waals surface area contributed by atoms with E-state index in [4.69, 9.17) is 4.74 Å². The second-order valence-electron chi connectivity index (χ2n) is 4.95. The third-order valence-electron chi connectivity index (χ3n) is 3.35. The van der Waals surface area contributed by atoms with Crippen molar-refractivity contribution in [2.24, 2.45) is 0 Å². The van der Waals surface area contributed by atoms with Gasteiger partial charge in [-0.15, -0.1) is 0 Å². The van der Waals surface area contributed by atoms with Gasteiger partial charge in [-0.05, 0) is 47.0 Å². The quantitative estimate of drug-likeness (QED) is 0.425. The van der Waals surface area contributed by atoms with Gasteiger partial charge in [-0.1, -0.05) is 12.7 Å². The fraction of sp³-hybridized carbons (Fsp3) is 0.643. The number of esters is 1. The highest BCUT2D eigenvalue weighted by Crippen LogP contribution is 2.19. The van der Waals surface area contributed by atoms with Crippen LogP contribution in [0.5, 0.6) is 0 Å². The van der Waals surface area contributed by atoms with Crippen molar-refractivity contribution in [1.29, 1.82) is 0 Å². The normalized spacial score (nSPS) is 22.2. The zero-order chi connectivity index (χ0) is 13.7. The summed E-state index contributed by atoms with van der Waals surface area (Å²) in [4.78, 5) is 15.9. The number of hydrogen-bond acceptors (Lipinski definition) is 4. The van der Waals surface area contributed by atoms with Crippen LogP contribution < -0.4 is 0 Å². The lowest BCUT2D eigenvalue weighted by molar-refractivity contribution is -0.150. The molecule has 18 heavy (non-hydrogen) atoms. The molecule has 0 bridgehead atoms. The molecule has 0 N–H and O–H groups in total. The lowest BCUT2D eigenvalue weighted by atomic mass is 10.1. The van der Waals surface area contributed by atoms with Crippen LogP contribution in [-0.4, -0.2) is 48.7 Å². The Bertz CT molecular complexity index is 337. The molecule has 0 saturated carbocycles. The van der Waals surface area contributed by atoms with Crippen molar-refractivity contribution in [2.75, 3.05) is 20.6 Å². The first-order valence-electron chi connectivity index (χ1n) is 6.40. The highest BCUT2D eigenvalue weighted by molar-refractivity contribution is 5.87. The second kappa shape index (κ2) is 6.59. The van der Waals surface area contributed by atoms with Gasteiger partial charge in [0.05, 0.1) is 0 Å². The molecule has 0 aromatic carbocycles. The first-order chi connectivity index (χ1) is 8.45. The molecule has 0 spiro atoms. The molecule has 4 heteroatoms. The summed E-state index contributed by atoms with van der Waals surface area (Å²) >= 11 is 0. The minimum atomic E-state index is -0.243. The third-order valence-corrected chi connectivity index (χ3v) is 3.35. The molecular weight excluding hydrogens is 228 g/mol. The minimum absolute atomic E-state index is 0.208. The molecule has 1 aliphatic rings. The van der Waals surface area contributed by atoms with Gasteiger partial charge in [-0.3, -0.25) is 4.90 Å². The van der Waals surface area contributed by atoms with Crippen molar-refractivity contribution in [3.63, 3.8) is 0 Å². The van der Waals surface area contributed by atoms with Crippen LogP contribution in [0.2, 0.25) is 0 Å². The van der Waals surface area contributed by atoms with Crippen LogP contribution in [0.25, 0.3) is 0 Å². The molecule has 1 saturated heterocycles. The van der Waals surface area contributed by atoms with E-state index >= 15 is 0 Å². The highest BCUT2D eigenvalue weighted by atomic mass is 16.6.